The SMILES string of the molecule is O=C(Nc1cc2ccccc2cc1C(=O)O)c1ccc[nH]1. The Morgan fingerprint density at radius 3 is 2.33 bits per heavy atom. The summed E-state index contributed by atoms with van der Waals surface area (Å²) in [5.74, 6) is -1.46. The van der Waals surface area contributed by atoms with Crippen LogP contribution in [0.4, 0.5) is 5.69 Å². The lowest BCUT2D eigenvalue weighted by Gasteiger charge is -2.09. The maximum absolute atomic E-state index is 12.1. The van der Waals surface area contributed by atoms with Gasteiger partial charge in [0, 0.05) is 6.20 Å². The fraction of sp³-hybridized carbons (Fsp3) is 0. The maximum atomic E-state index is 12.1. The van der Waals surface area contributed by atoms with E-state index in [-0.39, 0.29) is 17.2 Å². The minimum atomic E-state index is -1.08. The number of benzene rings is 2. The molecule has 0 aliphatic rings. The number of aromatic carboxylic acids is 1. The molecule has 104 valence electrons. The Morgan fingerprint density at radius 1 is 1.00 bits per heavy atom. The van der Waals surface area contributed by atoms with Crippen LogP contribution in [-0.4, -0.2) is 22.0 Å². The van der Waals surface area contributed by atoms with Crippen molar-refractivity contribution in [3.05, 3.63) is 66.0 Å². The van der Waals surface area contributed by atoms with Gasteiger partial charge in [-0.15, -0.1) is 0 Å². The molecule has 0 aliphatic carbocycles. The molecule has 0 unspecified atom stereocenters. The van der Waals surface area contributed by atoms with E-state index >= 15 is 0 Å². The molecule has 3 N–H and O–H groups in total. The summed E-state index contributed by atoms with van der Waals surface area (Å²) < 4.78 is 0. The predicted molar refractivity (Wildman–Crippen MR) is 79.7 cm³/mol. The standard InChI is InChI=1S/C16H12N2O3/c19-15(13-6-3-7-17-13)18-14-9-11-5-2-1-4-10(11)8-12(14)16(20)21/h1-9,17H,(H,18,19)(H,20,21). The van der Waals surface area contributed by atoms with Gasteiger partial charge in [0.15, 0.2) is 0 Å². The van der Waals surface area contributed by atoms with Crippen molar-refractivity contribution in [3.8, 4) is 0 Å². The summed E-state index contributed by atoms with van der Waals surface area (Å²) in [6, 6.07) is 13.9. The van der Waals surface area contributed by atoms with Gasteiger partial charge in [-0.05, 0) is 35.0 Å². The van der Waals surface area contributed by atoms with Crippen LogP contribution in [0.2, 0.25) is 0 Å². The molecule has 0 radical (unpaired) electrons. The second-order valence-corrected chi connectivity index (χ2v) is 4.59. The first-order chi connectivity index (χ1) is 10.1. The van der Waals surface area contributed by atoms with Crippen molar-refractivity contribution in [2.24, 2.45) is 0 Å². The molecular formula is C16H12N2O3. The average molecular weight is 280 g/mol. The molecule has 0 saturated heterocycles. The van der Waals surface area contributed by atoms with E-state index < -0.39 is 5.97 Å². The third-order valence-electron chi connectivity index (χ3n) is 3.21. The molecule has 0 spiro atoms. The highest BCUT2D eigenvalue weighted by Crippen LogP contribution is 2.24. The van der Waals surface area contributed by atoms with Crippen molar-refractivity contribution >= 4 is 28.3 Å². The first-order valence-electron chi connectivity index (χ1n) is 6.36. The third-order valence-corrected chi connectivity index (χ3v) is 3.21. The highest BCUT2D eigenvalue weighted by molar-refractivity contribution is 6.09. The number of carboxylic acids is 1. The molecule has 1 aromatic heterocycles. The lowest BCUT2D eigenvalue weighted by Crippen LogP contribution is -2.15. The largest absolute Gasteiger partial charge is 0.478 e. The molecular weight excluding hydrogens is 268 g/mol. The van der Waals surface area contributed by atoms with E-state index in [4.69, 9.17) is 0 Å². The van der Waals surface area contributed by atoms with Gasteiger partial charge < -0.3 is 15.4 Å². The molecule has 1 amide bonds. The van der Waals surface area contributed by atoms with E-state index in [0.717, 1.165) is 10.8 Å². The Kier molecular flexibility index (Phi) is 3.16. The molecule has 0 aliphatic heterocycles. The van der Waals surface area contributed by atoms with Crippen LogP contribution in [0, 0.1) is 0 Å². The van der Waals surface area contributed by atoms with Crippen LogP contribution in [0.1, 0.15) is 20.8 Å². The van der Waals surface area contributed by atoms with E-state index in [2.05, 4.69) is 10.3 Å². The number of hydrogen-bond acceptors (Lipinski definition) is 2. The minimum Gasteiger partial charge on any atom is -0.478 e. The van der Waals surface area contributed by atoms with Gasteiger partial charge in [0.1, 0.15) is 5.69 Å². The quantitative estimate of drug-likeness (QED) is 0.689. The molecule has 0 bridgehead atoms. The summed E-state index contributed by atoms with van der Waals surface area (Å²) in [5, 5.41) is 13.6. The summed E-state index contributed by atoms with van der Waals surface area (Å²) >= 11 is 0. The first kappa shape index (κ1) is 12.9. The molecule has 2 aromatic carbocycles. The number of carboxylic acid groups (broad SMARTS) is 1. The normalized spacial score (nSPS) is 10.5. The Bertz CT molecular complexity index is 823. The summed E-state index contributed by atoms with van der Waals surface area (Å²) in [7, 11) is 0. The second-order valence-electron chi connectivity index (χ2n) is 4.59. The van der Waals surface area contributed by atoms with Gasteiger partial charge in [-0.25, -0.2) is 4.79 Å². The Balaban J connectivity index is 2.05. The fourth-order valence-corrected chi connectivity index (χ4v) is 2.18. The Hall–Kier alpha value is -3.08. The Morgan fingerprint density at radius 2 is 1.71 bits per heavy atom. The number of hydrogen-bond donors (Lipinski definition) is 3. The van der Waals surface area contributed by atoms with Crippen molar-refractivity contribution in [1.82, 2.24) is 4.98 Å². The number of fused-ring (bicyclic) bond motifs is 1. The molecule has 3 rings (SSSR count). The van der Waals surface area contributed by atoms with Crippen LogP contribution in [0.3, 0.4) is 0 Å². The van der Waals surface area contributed by atoms with Crippen LogP contribution in [-0.2, 0) is 0 Å². The summed E-state index contributed by atoms with van der Waals surface area (Å²) in [6.07, 6.45) is 1.63. The summed E-state index contributed by atoms with van der Waals surface area (Å²) in [5.41, 5.74) is 0.717. The minimum absolute atomic E-state index is 0.0635. The van der Waals surface area contributed by atoms with Crippen LogP contribution in [0.5, 0.6) is 0 Å². The number of carbonyl (C=O) groups is 2. The number of aromatic nitrogens is 1. The molecule has 1 heterocycles. The van der Waals surface area contributed by atoms with Crippen molar-refractivity contribution < 1.29 is 14.7 Å². The van der Waals surface area contributed by atoms with Crippen molar-refractivity contribution in [2.75, 3.05) is 5.32 Å². The molecule has 3 aromatic rings. The zero-order valence-electron chi connectivity index (χ0n) is 11.0. The number of nitrogens with one attached hydrogen (secondary N) is 2. The number of rotatable bonds is 3. The fourth-order valence-electron chi connectivity index (χ4n) is 2.18. The predicted octanol–water partition coefficient (Wildman–Crippen LogP) is 3.12. The number of anilines is 1. The smallest absolute Gasteiger partial charge is 0.337 e. The molecule has 0 saturated carbocycles. The van der Waals surface area contributed by atoms with E-state index in [0.29, 0.717) is 5.69 Å². The van der Waals surface area contributed by atoms with Gasteiger partial charge in [0.05, 0.1) is 11.3 Å². The molecule has 5 nitrogen and oxygen atoms in total. The molecule has 0 fully saturated rings. The monoisotopic (exact) mass is 280 g/mol. The number of amides is 1. The van der Waals surface area contributed by atoms with Crippen LogP contribution in [0.15, 0.2) is 54.7 Å². The first-order valence-corrected chi connectivity index (χ1v) is 6.36. The maximum Gasteiger partial charge on any atom is 0.337 e. The highest BCUT2D eigenvalue weighted by Gasteiger charge is 2.15. The van der Waals surface area contributed by atoms with Crippen LogP contribution in [0.25, 0.3) is 10.8 Å². The number of carbonyl (C=O) groups excluding carboxylic acids is 1. The molecule has 0 atom stereocenters. The van der Waals surface area contributed by atoms with E-state index in [1.807, 2.05) is 24.3 Å². The van der Waals surface area contributed by atoms with Crippen molar-refractivity contribution in [2.45, 2.75) is 0 Å². The topological polar surface area (TPSA) is 82.2 Å². The van der Waals surface area contributed by atoms with Crippen LogP contribution < -0.4 is 5.32 Å². The van der Waals surface area contributed by atoms with Gasteiger partial charge in [0.25, 0.3) is 5.91 Å². The van der Waals surface area contributed by atoms with E-state index in [1.54, 1.807) is 30.5 Å². The molecule has 5 heteroatoms. The van der Waals surface area contributed by atoms with Gasteiger partial charge in [0.2, 0.25) is 0 Å². The van der Waals surface area contributed by atoms with Gasteiger partial charge in [-0.2, -0.15) is 0 Å². The summed E-state index contributed by atoms with van der Waals surface area (Å²) in [6.45, 7) is 0. The highest BCUT2D eigenvalue weighted by atomic mass is 16.4. The lowest BCUT2D eigenvalue weighted by atomic mass is 10.0. The van der Waals surface area contributed by atoms with Gasteiger partial charge >= 0.3 is 5.97 Å². The van der Waals surface area contributed by atoms with Crippen molar-refractivity contribution in [1.29, 1.82) is 0 Å². The van der Waals surface area contributed by atoms with Gasteiger partial charge in [-0.1, -0.05) is 24.3 Å². The van der Waals surface area contributed by atoms with Gasteiger partial charge in [-0.3, -0.25) is 4.79 Å². The zero-order chi connectivity index (χ0) is 14.8. The Labute approximate surface area is 120 Å². The number of aromatic amines is 1. The third kappa shape index (κ3) is 2.49. The average Bonchev–Trinajstić information content (AvgIpc) is 3.00. The lowest BCUT2D eigenvalue weighted by molar-refractivity contribution is 0.0698. The second kappa shape index (κ2) is 5.13. The summed E-state index contributed by atoms with van der Waals surface area (Å²) in [4.78, 5) is 26.2. The number of H-pyrrole nitrogens is 1. The molecule has 21 heavy (non-hydrogen) atoms. The zero-order valence-corrected chi connectivity index (χ0v) is 11.0. The van der Waals surface area contributed by atoms with Crippen molar-refractivity contribution in [3.63, 3.8) is 0 Å². The van der Waals surface area contributed by atoms with Crippen LogP contribution >= 0.6 is 0 Å². The van der Waals surface area contributed by atoms with E-state index in [9.17, 15) is 14.7 Å². The van der Waals surface area contributed by atoms with E-state index in [1.165, 1.54) is 0 Å².